The maximum Gasteiger partial charge on any atom is 0.251 e. The summed E-state index contributed by atoms with van der Waals surface area (Å²) in [4.78, 5) is 12.1. The molecule has 0 spiro atoms. The molecule has 1 unspecified atom stereocenters. The minimum absolute atomic E-state index is 0.0706. The van der Waals surface area contributed by atoms with E-state index < -0.39 is 0 Å². The van der Waals surface area contributed by atoms with Gasteiger partial charge in [0.2, 0.25) is 0 Å². The first-order chi connectivity index (χ1) is 9.02. The van der Waals surface area contributed by atoms with E-state index in [1.807, 2.05) is 32.9 Å². The van der Waals surface area contributed by atoms with Crippen molar-refractivity contribution >= 4 is 5.91 Å². The molecule has 4 nitrogen and oxygen atoms in total. The Hall–Kier alpha value is -1.55. The molecular weight excluding hydrogens is 240 g/mol. The van der Waals surface area contributed by atoms with Crippen LogP contribution in [0.4, 0.5) is 0 Å². The van der Waals surface area contributed by atoms with Crippen LogP contribution in [-0.4, -0.2) is 24.6 Å². The van der Waals surface area contributed by atoms with Crippen molar-refractivity contribution in [1.82, 2.24) is 5.32 Å². The number of ether oxygens (including phenoxy) is 1. The molecule has 0 aliphatic heterocycles. The van der Waals surface area contributed by atoms with Crippen molar-refractivity contribution in [1.29, 1.82) is 0 Å². The van der Waals surface area contributed by atoms with Gasteiger partial charge in [-0.25, -0.2) is 0 Å². The molecule has 0 aliphatic rings. The molecule has 0 fully saturated rings. The van der Waals surface area contributed by atoms with E-state index in [-0.39, 0.29) is 18.1 Å². The molecule has 106 valence electrons. The van der Waals surface area contributed by atoms with Crippen LogP contribution in [-0.2, 0) is 0 Å². The van der Waals surface area contributed by atoms with Crippen LogP contribution in [0, 0.1) is 0 Å². The highest BCUT2D eigenvalue weighted by Gasteiger charge is 2.10. The molecule has 0 heterocycles. The summed E-state index contributed by atoms with van der Waals surface area (Å²) in [6, 6.07) is 7.38. The molecule has 1 aromatic rings. The lowest BCUT2D eigenvalue weighted by atomic mass is 10.1. The van der Waals surface area contributed by atoms with Crippen LogP contribution < -0.4 is 15.8 Å². The van der Waals surface area contributed by atoms with Gasteiger partial charge in [-0.15, -0.1) is 0 Å². The molecule has 4 heteroatoms. The van der Waals surface area contributed by atoms with Gasteiger partial charge in [0, 0.05) is 11.6 Å². The zero-order valence-electron chi connectivity index (χ0n) is 12.0. The number of hydrogen-bond acceptors (Lipinski definition) is 3. The standard InChI is InChI=1S/C15H24N2O2/c1-11(2)19-14-8-4-7-13(10-14)15(18)17-12(3)6-5-9-16/h4,7-8,10-12H,5-6,9,16H2,1-3H3,(H,17,18). The molecule has 0 bridgehead atoms. The lowest BCUT2D eigenvalue weighted by Gasteiger charge is -2.14. The summed E-state index contributed by atoms with van der Waals surface area (Å²) in [6.07, 6.45) is 1.91. The monoisotopic (exact) mass is 264 g/mol. The van der Waals surface area contributed by atoms with Gasteiger partial charge in [-0.1, -0.05) is 6.07 Å². The van der Waals surface area contributed by atoms with Gasteiger partial charge in [0.25, 0.3) is 5.91 Å². The second kappa shape index (κ2) is 7.79. The fourth-order valence-electron chi connectivity index (χ4n) is 1.79. The Balaban J connectivity index is 2.61. The minimum atomic E-state index is -0.0706. The average molecular weight is 264 g/mol. The first kappa shape index (κ1) is 15.5. The zero-order chi connectivity index (χ0) is 14.3. The second-order valence-electron chi connectivity index (χ2n) is 5.00. The van der Waals surface area contributed by atoms with Crippen molar-refractivity contribution in [3.05, 3.63) is 29.8 Å². The van der Waals surface area contributed by atoms with Crippen LogP contribution in [0.3, 0.4) is 0 Å². The Labute approximate surface area is 115 Å². The Morgan fingerprint density at radius 1 is 1.37 bits per heavy atom. The largest absolute Gasteiger partial charge is 0.491 e. The third kappa shape index (κ3) is 5.75. The van der Waals surface area contributed by atoms with E-state index in [4.69, 9.17) is 10.5 Å². The van der Waals surface area contributed by atoms with E-state index >= 15 is 0 Å². The Kier molecular flexibility index (Phi) is 6.36. The summed E-state index contributed by atoms with van der Waals surface area (Å²) >= 11 is 0. The van der Waals surface area contributed by atoms with Crippen LogP contribution in [0.1, 0.15) is 44.0 Å². The summed E-state index contributed by atoms with van der Waals surface area (Å²) < 4.78 is 5.58. The SMILES string of the molecule is CC(CCCN)NC(=O)c1cccc(OC(C)C)c1. The van der Waals surface area contributed by atoms with E-state index in [0.29, 0.717) is 12.1 Å². The summed E-state index contributed by atoms with van der Waals surface area (Å²) in [7, 11) is 0. The van der Waals surface area contributed by atoms with Crippen LogP contribution >= 0.6 is 0 Å². The van der Waals surface area contributed by atoms with Gasteiger partial charge in [-0.05, 0) is 58.4 Å². The number of hydrogen-bond donors (Lipinski definition) is 2. The van der Waals surface area contributed by atoms with Gasteiger partial charge < -0.3 is 15.8 Å². The summed E-state index contributed by atoms with van der Waals surface area (Å²) in [5.41, 5.74) is 6.08. The number of amides is 1. The van der Waals surface area contributed by atoms with Crippen molar-refractivity contribution in [3.63, 3.8) is 0 Å². The molecule has 3 N–H and O–H groups in total. The molecule has 1 amide bonds. The molecule has 19 heavy (non-hydrogen) atoms. The van der Waals surface area contributed by atoms with Crippen LogP contribution in [0.2, 0.25) is 0 Å². The quantitative estimate of drug-likeness (QED) is 0.794. The highest BCUT2D eigenvalue weighted by Crippen LogP contribution is 2.15. The highest BCUT2D eigenvalue weighted by atomic mass is 16.5. The molecule has 0 radical (unpaired) electrons. The van der Waals surface area contributed by atoms with Crippen molar-refractivity contribution < 1.29 is 9.53 Å². The van der Waals surface area contributed by atoms with E-state index in [0.717, 1.165) is 18.6 Å². The lowest BCUT2D eigenvalue weighted by molar-refractivity contribution is 0.0937. The summed E-state index contributed by atoms with van der Waals surface area (Å²) in [5, 5.41) is 2.96. The average Bonchev–Trinajstić information content (AvgIpc) is 2.35. The number of nitrogens with two attached hydrogens (primary N) is 1. The van der Waals surface area contributed by atoms with E-state index in [9.17, 15) is 4.79 Å². The van der Waals surface area contributed by atoms with Gasteiger partial charge in [0.15, 0.2) is 0 Å². The van der Waals surface area contributed by atoms with Crippen molar-refractivity contribution in [3.8, 4) is 5.75 Å². The third-order valence-electron chi connectivity index (χ3n) is 2.69. The zero-order valence-corrected chi connectivity index (χ0v) is 12.0. The predicted octanol–water partition coefficient (Wildman–Crippen LogP) is 2.33. The van der Waals surface area contributed by atoms with Crippen LogP contribution in [0.25, 0.3) is 0 Å². The molecule has 0 saturated carbocycles. The Morgan fingerprint density at radius 3 is 2.74 bits per heavy atom. The number of benzene rings is 1. The Bertz CT molecular complexity index is 405. The van der Waals surface area contributed by atoms with E-state index in [2.05, 4.69) is 5.32 Å². The number of carbonyl (C=O) groups excluding carboxylic acids is 1. The topological polar surface area (TPSA) is 64.3 Å². The second-order valence-corrected chi connectivity index (χ2v) is 5.00. The first-order valence-corrected chi connectivity index (χ1v) is 6.80. The van der Waals surface area contributed by atoms with Crippen molar-refractivity contribution in [2.24, 2.45) is 5.73 Å². The predicted molar refractivity (Wildman–Crippen MR) is 77.4 cm³/mol. The maximum absolute atomic E-state index is 12.1. The highest BCUT2D eigenvalue weighted by molar-refractivity contribution is 5.94. The van der Waals surface area contributed by atoms with Crippen molar-refractivity contribution in [2.45, 2.75) is 45.8 Å². The number of rotatable bonds is 7. The van der Waals surface area contributed by atoms with Gasteiger partial charge in [0.1, 0.15) is 5.75 Å². The molecule has 0 aromatic heterocycles. The Morgan fingerprint density at radius 2 is 2.11 bits per heavy atom. The first-order valence-electron chi connectivity index (χ1n) is 6.80. The fourth-order valence-corrected chi connectivity index (χ4v) is 1.79. The van der Waals surface area contributed by atoms with Crippen LogP contribution in [0.5, 0.6) is 5.75 Å². The molecular formula is C15H24N2O2. The maximum atomic E-state index is 12.1. The number of carbonyl (C=O) groups is 1. The van der Waals surface area contributed by atoms with E-state index in [1.54, 1.807) is 12.1 Å². The van der Waals surface area contributed by atoms with Crippen molar-refractivity contribution in [2.75, 3.05) is 6.54 Å². The molecule has 0 aliphatic carbocycles. The van der Waals surface area contributed by atoms with E-state index in [1.165, 1.54) is 0 Å². The molecule has 0 saturated heterocycles. The van der Waals surface area contributed by atoms with Gasteiger partial charge in [-0.3, -0.25) is 4.79 Å². The smallest absolute Gasteiger partial charge is 0.251 e. The van der Waals surface area contributed by atoms with Gasteiger partial charge in [-0.2, -0.15) is 0 Å². The molecule has 1 aromatic carbocycles. The van der Waals surface area contributed by atoms with Gasteiger partial charge >= 0.3 is 0 Å². The molecule has 1 rings (SSSR count). The summed E-state index contributed by atoms with van der Waals surface area (Å²) in [5.74, 6) is 0.649. The van der Waals surface area contributed by atoms with Gasteiger partial charge in [0.05, 0.1) is 6.10 Å². The minimum Gasteiger partial charge on any atom is -0.491 e. The normalized spacial score (nSPS) is 12.3. The summed E-state index contributed by atoms with van der Waals surface area (Å²) in [6.45, 7) is 6.56. The third-order valence-corrected chi connectivity index (χ3v) is 2.69. The molecule has 1 atom stereocenters. The number of nitrogens with one attached hydrogen (secondary N) is 1. The fraction of sp³-hybridized carbons (Fsp3) is 0.533. The van der Waals surface area contributed by atoms with Crippen LogP contribution in [0.15, 0.2) is 24.3 Å². The lowest BCUT2D eigenvalue weighted by Crippen LogP contribution is -2.32.